The van der Waals surface area contributed by atoms with Gasteiger partial charge in [0, 0.05) is 35.2 Å². The van der Waals surface area contributed by atoms with Gasteiger partial charge in [-0.25, -0.2) is 4.68 Å². The largest absolute Gasteiger partial charge is 0.493 e. The summed E-state index contributed by atoms with van der Waals surface area (Å²) in [5, 5.41) is 11.4. The van der Waals surface area contributed by atoms with E-state index in [1.807, 2.05) is 45.0 Å². The van der Waals surface area contributed by atoms with Crippen molar-refractivity contribution in [3.05, 3.63) is 72.6 Å². The lowest BCUT2D eigenvalue weighted by molar-refractivity contribution is -0.128. The first-order chi connectivity index (χ1) is 18.3. The van der Waals surface area contributed by atoms with Crippen LogP contribution in [-0.2, 0) is 16.1 Å². The third kappa shape index (κ3) is 5.59. The molecule has 0 aliphatic heterocycles. The number of hydrogen-bond donors (Lipinski definition) is 1. The van der Waals surface area contributed by atoms with Crippen LogP contribution < -0.4 is 19.7 Å². The molecular weight excluding hydrogens is 484 g/mol. The van der Waals surface area contributed by atoms with Crippen molar-refractivity contribution >= 4 is 28.5 Å². The zero-order valence-corrected chi connectivity index (χ0v) is 22.2. The molecule has 0 spiro atoms. The van der Waals surface area contributed by atoms with Crippen LogP contribution in [0.1, 0.15) is 38.8 Å². The molecule has 0 unspecified atom stereocenters. The molecule has 198 valence electrons. The highest BCUT2D eigenvalue weighted by atomic mass is 16.5. The van der Waals surface area contributed by atoms with E-state index in [0.29, 0.717) is 40.2 Å². The highest BCUT2D eigenvalue weighted by molar-refractivity contribution is 6.02. The van der Waals surface area contributed by atoms with Crippen LogP contribution in [0, 0.1) is 0 Å². The summed E-state index contributed by atoms with van der Waals surface area (Å²) in [7, 11) is 3.05. The van der Waals surface area contributed by atoms with Gasteiger partial charge in [-0.05, 0) is 50.6 Å². The molecule has 1 N–H and O–H groups in total. The van der Waals surface area contributed by atoms with Crippen molar-refractivity contribution in [3.8, 4) is 11.5 Å². The van der Waals surface area contributed by atoms with Crippen molar-refractivity contribution in [1.29, 1.82) is 0 Å². The summed E-state index contributed by atoms with van der Waals surface area (Å²) in [5.41, 5.74) is 1.90. The molecule has 0 radical (unpaired) electrons. The number of benzene rings is 2. The maximum Gasteiger partial charge on any atom is 0.249 e. The van der Waals surface area contributed by atoms with Crippen LogP contribution in [0.25, 0.3) is 11.0 Å². The second-order valence-corrected chi connectivity index (χ2v) is 9.45. The smallest absolute Gasteiger partial charge is 0.249 e. The monoisotopic (exact) mass is 516 g/mol. The SMILES string of the molecule is CCC(C)(C)NC(=O)[C@H](c1cccnc1)N(C(=O)Cn1nnc2ccccc21)c1ccc(OC)c(OC)c1. The second-order valence-electron chi connectivity index (χ2n) is 9.45. The van der Waals surface area contributed by atoms with Crippen molar-refractivity contribution in [3.63, 3.8) is 0 Å². The number of aromatic nitrogens is 4. The predicted molar refractivity (Wildman–Crippen MR) is 144 cm³/mol. The van der Waals surface area contributed by atoms with E-state index in [4.69, 9.17) is 9.47 Å². The highest BCUT2D eigenvalue weighted by Gasteiger charge is 2.36. The molecule has 4 aromatic rings. The number of methoxy groups -OCH3 is 2. The molecule has 0 bridgehead atoms. The molecule has 0 saturated heterocycles. The first-order valence-corrected chi connectivity index (χ1v) is 12.3. The van der Waals surface area contributed by atoms with Crippen LogP contribution in [0.4, 0.5) is 5.69 Å². The summed E-state index contributed by atoms with van der Waals surface area (Å²) >= 11 is 0. The Labute approximate surface area is 221 Å². The molecule has 2 aromatic carbocycles. The Bertz CT molecular complexity index is 1420. The predicted octanol–water partition coefficient (Wildman–Crippen LogP) is 3.92. The summed E-state index contributed by atoms with van der Waals surface area (Å²) < 4.78 is 12.4. The van der Waals surface area contributed by atoms with E-state index < -0.39 is 11.6 Å². The van der Waals surface area contributed by atoms with Crippen molar-refractivity contribution in [2.75, 3.05) is 19.1 Å². The van der Waals surface area contributed by atoms with Gasteiger partial charge in [-0.2, -0.15) is 0 Å². The number of pyridine rings is 1. The van der Waals surface area contributed by atoms with Crippen LogP contribution in [0.2, 0.25) is 0 Å². The maximum absolute atomic E-state index is 14.1. The fourth-order valence-electron chi connectivity index (χ4n) is 4.10. The summed E-state index contributed by atoms with van der Waals surface area (Å²) in [6, 6.07) is 15.0. The van der Waals surface area contributed by atoms with Crippen LogP contribution in [0.5, 0.6) is 11.5 Å². The van der Waals surface area contributed by atoms with E-state index in [0.717, 1.165) is 0 Å². The van der Waals surface area contributed by atoms with Gasteiger partial charge in [-0.1, -0.05) is 30.3 Å². The van der Waals surface area contributed by atoms with Crippen LogP contribution in [-0.4, -0.2) is 51.6 Å². The molecule has 10 nitrogen and oxygen atoms in total. The summed E-state index contributed by atoms with van der Waals surface area (Å²) in [4.78, 5) is 33.7. The number of carbonyl (C=O) groups excluding carboxylic acids is 2. The summed E-state index contributed by atoms with van der Waals surface area (Å²) in [5.74, 6) is 0.219. The molecule has 0 aliphatic carbocycles. The minimum Gasteiger partial charge on any atom is -0.493 e. The standard InChI is InChI=1S/C28H32N6O4/c1-6-28(2,3)30-27(36)26(19-10-9-15-29-17-19)34(20-13-14-23(37-4)24(16-20)38-5)25(35)18-33-22-12-8-7-11-21(22)31-32-33/h7-17,26H,6,18H2,1-5H3,(H,30,36)/t26-/m0/s1. The number of anilines is 1. The Morgan fingerprint density at radius 2 is 1.82 bits per heavy atom. The molecule has 0 fully saturated rings. The van der Waals surface area contributed by atoms with E-state index in [1.165, 1.54) is 23.8 Å². The van der Waals surface area contributed by atoms with Gasteiger partial charge in [0.1, 0.15) is 18.1 Å². The summed E-state index contributed by atoms with van der Waals surface area (Å²) in [6.45, 7) is 5.73. The normalized spacial score (nSPS) is 12.1. The van der Waals surface area contributed by atoms with Crippen molar-refractivity contribution < 1.29 is 19.1 Å². The Kier molecular flexibility index (Phi) is 7.90. The molecule has 0 saturated carbocycles. The average molecular weight is 517 g/mol. The Hall–Kier alpha value is -4.47. The van der Waals surface area contributed by atoms with Crippen molar-refractivity contribution in [1.82, 2.24) is 25.3 Å². The zero-order chi connectivity index (χ0) is 27.3. The molecule has 10 heteroatoms. The van der Waals surface area contributed by atoms with Gasteiger partial charge in [0.2, 0.25) is 11.8 Å². The number of amides is 2. The quantitative estimate of drug-likeness (QED) is 0.340. The zero-order valence-electron chi connectivity index (χ0n) is 22.2. The van der Waals surface area contributed by atoms with Gasteiger partial charge >= 0.3 is 0 Å². The van der Waals surface area contributed by atoms with Crippen LogP contribution >= 0.6 is 0 Å². The van der Waals surface area contributed by atoms with Crippen LogP contribution in [0.3, 0.4) is 0 Å². The number of hydrogen-bond acceptors (Lipinski definition) is 7. The van der Waals surface area contributed by atoms with Gasteiger partial charge in [0.15, 0.2) is 11.5 Å². The second kappa shape index (κ2) is 11.3. The van der Waals surface area contributed by atoms with Gasteiger partial charge in [0.25, 0.3) is 0 Å². The number of nitrogens with one attached hydrogen (secondary N) is 1. The Morgan fingerprint density at radius 3 is 2.50 bits per heavy atom. The summed E-state index contributed by atoms with van der Waals surface area (Å²) in [6.07, 6.45) is 3.92. The van der Waals surface area contributed by atoms with Gasteiger partial charge < -0.3 is 14.8 Å². The first-order valence-electron chi connectivity index (χ1n) is 12.3. The number of fused-ring (bicyclic) bond motifs is 1. The lowest BCUT2D eigenvalue weighted by Gasteiger charge is -2.34. The molecule has 2 amide bonds. The van der Waals surface area contributed by atoms with E-state index in [1.54, 1.807) is 42.7 Å². The minimum absolute atomic E-state index is 0.143. The highest BCUT2D eigenvalue weighted by Crippen LogP contribution is 2.36. The van der Waals surface area contributed by atoms with Crippen molar-refractivity contribution in [2.45, 2.75) is 45.3 Å². The van der Waals surface area contributed by atoms with E-state index in [9.17, 15) is 9.59 Å². The molecule has 0 aliphatic rings. The fourth-order valence-corrected chi connectivity index (χ4v) is 4.10. The van der Waals surface area contributed by atoms with E-state index in [2.05, 4.69) is 20.6 Å². The number of para-hydroxylation sites is 1. The molecular formula is C28H32N6O4. The number of carbonyl (C=O) groups is 2. The van der Waals surface area contributed by atoms with Gasteiger partial charge in [-0.3, -0.25) is 19.5 Å². The van der Waals surface area contributed by atoms with E-state index >= 15 is 0 Å². The fraction of sp³-hybridized carbons (Fsp3) is 0.321. The first kappa shape index (κ1) is 26.6. The van der Waals surface area contributed by atoms with Crippen LogP contribution in [0.15, 0.2) is 67.0 Å². The van der Waals surface area contributed by atoms with Gasteiger partial charge in [0.05, 0.1) is 19.7 Å². The molecule has 38 heavy (non-hydrogen) atoms. The third-order valence-electron chi connectivity index (χ3n) is 6.47. The Balaban J connectivity index is 1.85. The molecule has 1 atom stereocenters. The van der Waals surface area contributed by atoms with Gasteiger partial charge in [-0.15, -0.1) is 5.10 Å². The molecule has 2 aromatic heterocycles. The minimum atomic E-state index is -1.02. The molecule has 2 heterocycles. The molecule has 4 rings (SSSR count). The number of rotatable bonds is 10. The number of ether oxygens (including phenoxy) is 2. The lowest BCUT2D eigenvalue weighted by atomic mass is 9.99. The average Bonchev–Trinajstić information content (AvgIpc) is 3.33. The van der Waals surface area contributed by atoms with Crippen molar-refractivity contribution in [2.24, 2.45) is 0 Å². The maximum atomic E-state index is 14.1. The third-order valence-corrected chi connectivity index (χ3v) is 6.47. The Morgan fingerprint density at radius 1 is 1.05 bits per heavy atom. The number of nitrogens with zero attached hydrogens (tertiary/aromatic N) is 5. The topological polar surface area (TPSA) is 111 Å². The lowest BCUT2D eigenvalue weighted by Crippen LogP contribution is -2.51. The van der Waals surface area contributed by atoms with E-state index in [-0.39, 0.29) is 18.4 Å².